The van der Waals surface area contributed by atoms with E-state index in [0.29, 0.717) is 30.9 Å². The lowest BCUT2D eigenvalue weighted by molar-refractivity contribution is -0.120. The van der Waals surface area contributed by atoms with E-state index in [4.69, 9.17) is 4.74 Å². The van der Waals surface area contributed by atoms with Crippen LogP contribution in [0, 0.1) is 12.8 Å². The predicted molar refractivity (Wildman–Crippen MR) is 110 cm³/mol. The van der Waals surface area contributed by atoms with Crippen LogP contribution in [0.25, 0.3) is 0 Å². The van der Waals surface area contributed by atoms with Gasteiger partial charge < -0.3 is 15.0 Å². The largest absolute Gasteiger partial charge is 0.494 e. The highest BCUT2D eigenvalue weighted by atomic mass is 32.2. The lowest BCUT2D eigenvalue weighted by Crippen LogP contribution is -2.45. The van der Waals surface area contributed by atoms with Gasteiger partial charge in [-0.1, -0.05) is 0 Å². The zero-order valence-corrected chi connectivity index (χ0v) is 17.5. The highest BCUT2D eigenvalue weighted by molar-refractivity contribution is 7.89. The van der Waals surface area contributed by atoms with Crippen molar-refractivity contribution in [2.75, 3.05) is 25.0 Å². The number of ether oxygens (including phenoxy) is 1. The Kier molecular flexibility index (Phi) is 6.42. The summed E-state index contributed by atoms with van der Waals surface area (Å²) in [5.41, 5.74) is -1.21. The number of amides is 1. The van der Waals surface area contributed by atoms with Gasteiger partial charge in [0, 0.05) is 24.5 Å². The van der Waals surface area contributed by atoms with Crippen LogP contribution in [0.5, 0.6) is 5.75 Å². The van der Waals surface area contributed by atoms with Crippen molar-refractivity contribution >= 4 is 21.6 Å². The van der Waals surface area contributed by atoms with Gasteiger partial charge in [0.1, 0.15) is 5.75 Å². The normalized spacial score (nSPS) is 17.5. The third-order valence-electron chi connectivity index (χ3n) is 4.86. The molecule has 1 aliphatic rings. The number of carbonyl (C=O) groups is 1. The molecule has 1 aromatic heterocycles. The molecule has 0 radical (unpaired) electrons. The Hall–Kier alpha value is -2.92. The second kappa shape index (κ2) is 8.84. The number of piperidine rings is 1. The molecular weight excluding hydrogens is 412 g/mol. The molecule has 2 heterocycles. The molecule has 1 aliphatic heterocycles. The molecule has 30 heavy (non-hydrogen) atoms. The quantitative estimate of drug-likeness (QED) is 0.612. The van der Waals surface area contributed by atoms with Crippen LogP contribution in [0.2, 0.25) is 0 Å². The molecule has 3 rings (SSSR count). The highest BCUT2D eigenvalue weighted by Gasteiger charge is 2.35. The second-order valence-corrected chi connectivity index (χ2v) is 8.89. The van der Waals surface area contributed by atoms with Gasteiger partial charge in [-0.05, 0) is 51.0 Å². The highest BCUT2D eigenvalue weighted by Crippen LogP contribution is 2.24. The van der Waals surface area contributed by atoms with Crippen molar-refractivity contribution in [1.82, 2.24) is 14.3 Å². The molecule has 2 aromatic rings. The van der Waals surface area contributed by atoms with E-state index >= 15 is 0 Å². The number of hydrogen-bond acceptors (Lipinski definition) is 6. The molecule has 1 atom stereocenters. The van der Waals surface area contributed by atoms with Crippen LogP contribution in [0.4, 0.5) is 5.69 Å². The molecule has 10 nitrogen and oxygen atoms in total. The van der Waals surface area contributed by atoms with E-state index in [1.54, 1.807) is 24.3 Å². The van der Waals surface area contributed by atoms with Gasteiger partial charge in [0.15, 0.2) is 4.90 Å². The van der Waals surface area contributed by atoms with Crippen molar-refractivity contribution < 1.29 is 17.9 Å². The number of benzene rings is 1. The first-order chi connectivity index (χ1) is 14.2. The van der Waals surface area contributed by atoms with Gasteiger partial charge in [0.05, 0.1) is 12.5 Å². The second-order valence-electron chi connectivity index (χ2n) is 7.01. The summed E-state index contributed by atoms with van der Waals surface area (Å²) in [4.78, 5) is 39.9. The van der Waals surface area contributed by atoms with E-state index in [2.05, 4.69) is 10.3 Å². The van der Waals surface area contributed by atoms with Gasteiger partial charge in [-0.2, -0.15) is 4.31 Å². The van der Waals surface area contributed by atoms with Crippen LogP contribution in [0.15, 0.2) is 38.8 Å². The molecule has 0 unspecified atom stereocenters. The minimum absolute atomic E-state index is 0.0373. The smallest absolute Gasteiger partial charge is 0.325 e. The summed E-state index contributed by atoms with van der Waals surface area (Å²) in [6.45, 7) is 3.90. The Morgan fingerprint density at radius 2 is 1.93 bits per heavy atom. The first-order valence-electron chi connectivity index (χ1n) is 9.59. The van der Waals surface area contributed by atoms with Crippen molar-refractivity contribution in [3.63, 3.8) is 0 Å². The first kappa shape index (κ1) is 21.8. The van der Waals surface area contributed by atoms with Crippen molar-refractivity contribution in [2.24, 2.45) is 5.92 Å². The summed E-state index contributed by atoms with van der Waals surface area (Å²) >= 11 is 0. The zero-order valence-electron chi connectivity index (χ0n) is 16.7. The minimum Gasteiger partial charge on any atom is -0.494 e. The zero-order chi connectivity index (χ0) is 21.9. The molecule has 0 aliphatic carbocycles. The van der Waals surface area contributed by atoms with Crippen molar-refractivity contribution in [3.8, 4) is 5.75 Å². The molecule has 3 N–H and O–H groups in total. The van der Waals surface area contributed by atoms with Crippen LogP contribution in [0.3, 0.4) is 0 Å². The molecule has 1 aromatic carbocycles. The van der Waals surface area contributed by atoms with Crippen LogP contribution in [0.1, 0.15) is 25.5 Å². The molecule has 162 valence electrons. The van der Waals surface area contributed by atoms with Gasteiger partial charge in [-0.25, -0.2) is 13.2 Å². The molecular formula is C19H24N4O6S. The fourth-order valence-electron chi connectivity index (χ4n) is 3.45. The van der Waals surface area contributed by atoms with Crippen molar-refractivity contribution in [1.29, 1.82) is 0 Å². The summed E-state index contributed by atoms with van der Waals surface area (Å²) in [5.74, 6) is -0.180. The summed E-state index contributed by atoms with van der Waals surface area (Å²) in [6, 6.07) is 6.90. The SMILES string of the molecule is CCOc1ccc(NC(=O)[C@@H]2CCCN(S(=O)(=O)c3c(C)[nH]c(=O)[nH]c3=O)C2)cc1. The molecule has 0 spiro atoms. The van der Waals surface area contributed by atoms with E-state index in [1.165, 1.54) is 6.92 Å². The lowest BCUT2D eigenvalue weighted by atomic mass is 9.99. The van der Waals surface area contributed by atoms with Gasteiger partial charge in [-0.15, -0.1) is 0 Å². The average Bonchev–Trinajstić information content (AvgIpc) is 2.69. The van der Waals surface area contributed by atoms with Gasteiger partial charge in [0.25, 0.3) is 5.56 Å². The van der Waals surface area contributed by atoms with Crippen molar-refractivity contribution in [2.45, 2.75) is 31.6 Å². The van der Waals surface area contributed by atoms with Crippen LogP contribution >= 0.6 is 0 Å². The number of anilines is 1. The third-order valence-corrected chi connectivity index (χ3v) is 6.88. The van der Waals surface area contributed by atoms with E-state index < -0.39 is 32.1 Å². The Morgan fingerprint density at radius 3 is 2.57 bits per heavy atom. The summed E-state index contributed by atoms with van der Waals surface area (Å²) in [7, 11) is -4.17. The maximum atomic E-state index is 13.0. The predicted octanol–water partition coefficient (Wildman–Crippen LogP) is 0.810. The van der Waals surface area contributed by atoms with E-state index in [9.17, 15) is 22.8 Å². The molecule has 1 fully saturated rings. The maximum Gasteiger partial charge on any atom is 0.325 e. The van der Waals surface area contributed by atoms with Gasteiger partial charge in [0.2, 0.25) is 15.9 Å². The number of nitrogens with zero attached hydrogens (tertiary/aromatic N) is 1. The number of nitrogens with one attached hydrogen (secondary N) is 3. The summed E-state index contributed by atoms with van der Waals surface area (Å²) < 4.78 is 32.5. The standard InChI is InChI=1S/C19H24N4O6S/c1-3-29-15-8-6-14(7-9-15)21-17(24)13-5-4-10-23(11-13)30(27,28)16-12(2)20-19(26)22-18(16)25/h6-9,13H,3-5,10-11H2,1-2H3,(H,21,24)(H2,20,22,25,26)/t13-/m1/s1. The number of aryl methyl sites for hydroxylation is 1. The van der Waals surface area contributed by atoms with Crippen LogP contribution in [-0.4, -0.2) is 48.3 Å². The van der Waals surface area contributed by atoms with E-state index in [-0.39, 0.29) is 24.7 Å². The monoisotopic (exact) mass is 436 g/mol. The van der Waals surface area contributed by atoms with E-state index in [0.717, 1.165) is 4.31 Å². The third kappa shape index (κ3) is 4.62. The molecule has 1 saturated heterocycles. The van der Waals surface area contributed by atoms with Crippen LogP contribution < -0.4 is 21.3 Å². The Labute approximate surface area is 173 Å². The number of hydrogen-bond donors (Lipinski definition) is 3. The first-order valence-corrected chi connectivity index (χ1v) is 11.0. The maximum absolute atomic E-state index is 13.0. The average molecular weight is 436 g/mol. The number of sulfonamides is 1. The molecule has 1 amide bonds. The summed E-state index contributed by atoms with van der Waals surface area (Å²) in [5, 5.41) is 2.79. The minimum atomic E-state index is -4.17. The summed E-state index contributed by atoms with van der Waals surface area (Å²) in [6.07, 6.45) is 0.997. The van der Waals surface area contributed by atoms with Crippen LogP contribution in [-0.2, 0) is 14.8 Å². The molecule has 0 bridgehead atoms. The Morgan fingerprint density at radius 1 is 1.23 bits per heavy atom. The lowest BCUT2D eigenvalue weighted by Gasteiger charge is -2.31. The number of carbonyl (C=O) groups excluding carboxylic acids is 1. The fourth-order valence-corrected chi connectivity index (χ4v) is 5.18. The Balaban J connectivity index is 1.75. The molecule has 11 heteroatoms. The number of aromatic amines is 2. The topological polar surface area (TPSA) is 141 Å². The molecule has 0 saturated carbocycles. The van der Waals surface area contributed by atoms with Gasteiger partial charge in [-0.3, -0.25) is 14.6 Å². The number of aromatic nitrogens is 2. The van der Waals surface area contributed by atoms with Crippen molar-refractivity contribution in [3.05, 3.63) is 50.8 Å². The number of H-pyrrole nitrogens is 2. The fraction of sp³-hybridized carbons (Fsp3) is 0.421. The number of rotatable bonds is 6. The Bertz CT molecular complexity index is 1140. The van der Waals surface area contributed by atoms with E-state index in [1.807, 2.05) is 11.9 Å². The van der Waals surface area contributed by atoms with Gasteiger partial charge >= 0.3 is 5.69 Å².